The van der Waals surface area contributed by atoms with Crippen LogP contribution in [0, 0.1) is 0 Å². The van der Waals surface area contributed by atoms with E-state index in [0.717, 1.165) is 29.6 Å². The zero-order valence-electron chi connectivity index (χ0n) is 18.0. The Labute approximate surface area is 182 Å². The third kappa shape index (κ3) is 4.46. The smallest absolute Gasteiger partial charge is 0.249 e. The van der Waals surface area contributed by atoms with Crippen molar-refractivity contribution in [3.05, 3.63) is 60.4 Å². The second-order valence-corrected chi connectivity index (χ2v) is 7.75. The average molecular weight is 421 g/mol. The Morgan fingerprint density at radius 3 is 2.65 bits per heavy atom. The standard InChI is InChI=1S/C24H28N4O3/c1-3-27(18-10-5-4-6-11-18)22(29)16-28-20-13-8-7-12-19(20)26-23(28)17(2)25-24(30)21-14-9-15-31-21/h4-8,10-13,17,21H,3,9,14-16H2,1-2H3,(H,25,30). The predicted molar refractivity (Wildman–Crippen MR) is 120 cm³/mol. The van der Waals surface area contributed by atoms with Gasteiger partial charge in [-0.3, -0.25) is 9.59 Å². The number of hydrogen-bond donors (Lipinski definition) is 1. The molecule has 4 rings (SSSR count). The van der Waals surface area contributed by atoms with Gasteiger partial charge in [0.2, 0.25) is 11.8 Å². The number of nitrogens with zero attached hydrogens (tertiary/aromatic N) is 3. The van der Waals surface area contributed by atoms with E-state index in [9.17, 15) is 9.59 Å². The van der Waals surface area contributed by atoms with E-state index in [2.05, 4.69) is 5.32 Å². The van der Waals surface area contributed by atoms with Crippen LogP contribution in [0.3, 0.4) is 0 Å². The van der Waals surface area contributed by atoms with E-state index in [1.807, 2.05) is 73.0 Å². The maximum Gasteiger partial charge on any atom is 0.249 e. The SMILES string of the molecule is CCN(C(=O)Cn1c(C(C)NC(=O)C2CCCO2)nc2ccccc21)c1ccccc1. The molecule has 2 aromatic carbocycles. The number of benzene rings is 2. The summed E-state index contributed by atoms with van der Waals surface area (Å²) in [6, 6.07) is 17.0. The number of para-hydroxylation sites is 3. The number of anilines is 1. The average Bonchev–Trinajstić information content (AvgIpc) is 3.44. The maximum atomic E-state index is 13.3. The maximum absolute atomic E-state index is 13.3. The molecule has 0 aliphatic carbocycles. The van der Waals surface area contributed by atoms with Crippen molar-refractivity contribution < 1.29 is 14.3 Å². The number of nitrogens with one attached hydrogen (secondary N) is 1. The predicted octanol–water partition coefficient (Wildman–Crippen LogP) is 3.45. The molecular formula is C24H28N4O3. The fourth-order valence-electron chi connectivity index (χ4n) is 4.08. The molecule has 2 atom stereocenters. The Kier molecular flexibility index (Phi) is 6.32. The first-order valence-corrected chi connectivity index (χ1v) is 10.8. The molecule has 2 heterocycles. The number of amides is 2. The molecule has 7 heteroatoms. The topological polar surface area (TPSA) is 76.5 Å². The molecule has 2 amide bonds. The van der Waals surface area contributed by atoms with E-state index in [0.29, 0.717) is 19.0 Å². The molecule has 7 nitrogen and oxygen atoms in total. The van der Waals surface area contributed by atoms with E-state index in [4.69, 9.17) is 9.72 Å². The van der Waals surface area contributed by atoms with Crippen LogP contribution in [0.1, 0.15) is 38.6 Å². The third-order valence-corrected chi connectivity index (χ3v) is 5.63. The number of fused-ring (bicyclic) bond motifs is 1. The monoisotopic (exact) mass is 420 g/mol. The summed E-state index contributed by atoms with van der Waals surface area (Å²) in [5, 5.41) is 3.02. The van der Waals surface area contributed by atoms with Gasteiger partial charge in [0.15, 0.2) is 0 Å². The lowest BCUT2D eigenvalue weighted by atomic mass is 10.2. The van der Waals surface area contributed by atoms with Gasteiger partial charge >= 0.3 is 0 Å². The number of carbonyl (C=O) groups excluding carboxylic acids is 2. The minimum Gasteiger partial charge on any atom is -0.368 e. The van der Waals surface area contributed by atoms with Gasteiger partial charge in [-0.15, -0.1) is 0 Å². The summed E-state index contributed by atoms with van der Waals surface area (Å²) in [7, 11) is 0. The van der Waals surface area contributed by atoms with E-state index in [1.165, 1.54) is 0 Å². The lowest BCUT2D eigenvalue weighted by molar-refractivity contribution is -0.130. The molecule has 0 spiro atoms. The van der Waals surface area contributed by atoms with Gasteiger partial charge < -0.3 is 19.5 Å². The van der Waals surface area contributed by atoms with Crippen molar-refractivity contribution >= 4 is 28.5 Å². The molecule has 1 fully saturated rings. The molecule has 0 saturated carbocycles. The summed E-state index contributed by atoms with van der Waals surface area (Å²) >= 11 is 0. The fraction of sp³-hybridized carbons (Fsp3) is 0.375. The quantitative estimate of drug-likeness (QED) is 0.635. The highest BCUT2D eigenvalue weighted by Gasteiger charge is 2.27. The minimum atomic E-state index is -0.407. The Morgan fingerprint density at radius 2 is 1.94 bits per heavy atom. The number of rotatable bonds is 7. The molecule has 1 aliphatic heterocycles. The molecule has 1 saturated heterocycles. The molecule has 0 radical (unpaired) electrons. The van der Waals surface area contributed by atoms with Crippen LogP contribution in [0.5, 0.6) is 0 Å². The van der Waals surface area contributed by atoms with Gasteiger partial charge in [-0.1, -0.05) is 30.3 Å². The van der Waals surface area contributed by atoms with E-state index in [1.54, 1.807) is 4.90 Å². The number of aromatic nitrogens is 2. The fourth-order valence-corrected chi connectivity index (χ4v) is 4.08. The van der Waals surface area contributed by atoms with Crippen LogP contribution < -0.4 is 10.2 Å². The van der Waals surface area contributed by atoms with Crippen molar-refractivity contribution in [1.29, 1.82) is 0 Å². The number of imidazole rings is 1. The minimum absolute atomic E-state index is 0.0317. The first-order chi connectivity index (χ1) is 15.1. The zero-order chi connectivity index (χ0) is 21.8. The van der Waals surface area contributed by atoms with E-state index < -0.39 is 6.10 Å². The normalized spacial score (nSPS) is 16.9. The van der Waals surface area contributed by atoms with Gasteiger partial charge in [0.1, 0.15) is 18.5 Å². The van der Waals surface area contributed by atoms with E-state index >= 15 is 0 Å². The van der Waals surface area contributed by atoms with Gasteiger partial charge in [-0.05, 0) is 51.0 Å². The van der Waals surface area contributed by atoms with Crippen LogP contribution >= 0.6 is 0 Å². The largest absolute Gasteiger partial charge is 0.368 e. The van der Waals surface area contributed by atoms with Crippen molar-refractivity contribution in [3.8, 4) is 0 Å². The Bertz CT molecular complexity index is 1060. The molecule has 1 N–H and O–H groups in total. The summed E-state index contributed by atoms with van der Waals surface area (Å²) < 4.78 is 7.41. The van der Waals surface area contributed by atoms with Crippen LogP contribution in [-0.4, -0.2) is 40.6 Å². The highest BCUT2D eigenvalue weighted by Crippen LogP contribution is 2.23. The lowest BCUT2D eigenvalue weighted by Gasteiger charge is -2.23. The first-order valence-electron chi connectivity index (χ1n) is 10.8. The summed E-state index contributed by atoms with van der Waals surface area (Å²) in [6.45, 7) is 5.17. The van der Waals surface area contributed by atoms with Gasteiger partial charge in [-0.2, -0.15) is 0 Å². The molecule has 162 valence electrons. The molecular weight excluding hydrogens is 392 g/mol. The van der Waals surface area contributed by atoms with Crippen LogP contribution in [0.25, 0.3) is 11.0 Å². The second-order valence-electron chi connectivity index (χ2n) is 7.75. The highest BCUT2D eigenvalue weighted by molar-refractivity contribution is 5.94. The van der Waals surface area contributed by atoms with Crippen molar-refractivity contribution in [1.82, 2.24) is 14.9 Å². The van der Waals surface area contributed by atoms with Crippen LogP contribution in [0.2, 0.25) is 0 Å². The molecule has 1 aliphatic rings. The zero-order valence-corrected chi connectivity index (χ0v) is 18.0. The number of hydrogen-bond acceptors (Lipinski definition) is 4. The molecule has 0 bridgehead atoms. The Balaban J connectivity index is 1.61. The summed E-state index contributed by atoms with van der Waals surface area (Å²) in [6.07, 6.45) is 1.22. The second kappa shape index (κ2) is 9.31. The Hall–Kier alpha value is -3.19. The third-order valence-electron chi connectivity index (χ3n) is 5.63. The van der Waals surface area contributed by atoms with Gasteiger partial charge in [0, 0.05) is 18.8 Å². The van der Waals surface area contributed by atoms with Crippen molar-refractivity contribution in [2.24, 2.45) is 0 Å². The van der Waals surface area contributed by atoms with Gasteiger partial charge in [0.05, 0.1) is 17.1 Å². The first kappa shape index (κ1) is 21.1. The lowest BCUT2D eigenvalue weighted by Crippen LogP contribution is -2.38. The molecule has 31 heavy (non-hydrogen) atoms. The molecule has 3 aromatic rings. The van der Waals surface area contributed by atoms with E-state index in [-0.39, 0.29) is 24.4 Å². The van der Waals surface area contributed by atoms with Gasteiger partial charge in [-0.25, -0.2) is 4.98 Å². The summed E-state index contributed by atoms with van der Waals surface area (Å²) in [5.41, 5.74) is 2.53. The van der Waals surface area contributed by atoms with Crippen molar-refractivity contribution in [3.63, 3.8) is 0 Å². The van der Waals surface area contributed by atoms with Crippen molar-refractivity contribution in [2.75, 3.05) is 18.1 Å². The number of ether oxygens (including phenoxy) is 1. The van der Waals surface area contributed by atoms with Crippen molar-refractivity contribution in [2.45, 2.75) is 45.4 Å². The Morgan fingerprint density at radius 1 is 1.19 bits per heavy atom. The molecule has 1 aromatic heterocycles. The number of carbonyl (C=O) groups is 2. The molecule has 2 unspecified atom stereocenters. The van der Waals surface area contributed by atoms with Crippen LogP contribution in [0.15, 0.2) is 54.6 Å². The number of likely N-dealkylation sites (N-methyl/N-ethyl adjacent to an activating group) is 1. The van der Waals surface area contributed by atoms with Gasteiger partial charge in [0.25, 0.3) is 0 Å². The van der Waals surface area contributed by atoms with Crippen LogP contribution in [-0.2, 0) is 20.9 Å². The summed E-state index contributed by atoms with van der Waals surface area (Å²) in [5.74, 6) is 0.496. The highest BCUT2D eigenvalue weighted by atomic mass is 16.5. The van der Waals surface area contributed by atoms with Crippen LogP contribution in [0.4, 0.5) is 5.69 Å². The summed E-state index contributed by atoms with van der Waals surface area (Å²) in [4.78, 5) is 32.3.